The predicted octanol–water partition coefficient (Wildman–Crippen LogP) is 4.10. The summed E-state index contributed by atoms with van der Waals surface area (Å²) in [6, 6.07) is 13.0. The van der Waals surface area contributed by atoms with E-state index in [-0.39, 0.29) is 24.0 Å². The molecule has 2 N–H and O–H groups in total. The van der Waals surface area contributed by atoms with Crippen LogP contribution in [-0.4, -0.2) is 31.5 Å². The number of halogens is 1. The maximum atomic E-state index is 12.3. The van der Waals surface area contributed by atoms with Gasteiger partial charge in [0.2, 0.25) is 5.91 Å². The SMILES string of the molecule is COC(=O)c1c(NC(C)=O)sc2c(OCC(=O)NCc3ccccc3)c(Br)ccc12. The van der Waals surface area contributed by atoms with Gasteiger partial charge in [0.25, 0.3) is 5.91 Å². The van der Waals surface area contributed by atoms with Crippen LogP contribution in [0.3, 0.4) is 0 Å². The summed E-state index contributed by atoms with van der Waals surface area (Å²) in [7, 11) is 1.27. The van der Waals surface area contributed by atoms with Crippen LogP contribution in [-0.2, 0) is 20.9 Å². The van der Waals surface area contributed by atoms with Crippen molar-refractivity contribution >= 4 is 60.1 Å². The average Bonchev–Trinajstić information content (AvgIpc) is 3.09. The van der Waals surface area contributed by atoms with Crippen LogP contribution in [0, 0.1) is 0 Å². The van der Waals surface area contributed by atoms with E-state index in [2.05, 4.69) is 26.6 Å². The second-order valence-electron chi connectivity index (χ2n) is 6.28. The van der Waals surface area contributed by atoms with E-state index in [1.165, 1.54) is 25.4 Å². The number of esters is 1. The second-order valence-corrected chi connectivity index (χ2v) is 8.16. The van der Waals surface area contributed by atoms with Crippen LogP contribution >= 0.6 is 27.3 Å². The molecular weight excluding hydrogens is 472 g/mol. The molecule has 0 saturated heterocycles. The van der Waals surface area contributed by atoms with Crippen molar-refractivity contribution in [1.29, 1.82) is 0 Å². The van der Waals surface area contributed by atoms with Crippen molar-refractivity contribution in [2.24, 2.45) is 0 Å². The second kappa shape index (κ2) is 9.73. The Bertz CT molecular complexity index is 1100. The minimum atomic E-state index is -0.570. The van der Waals surface area contributed by atoms with Crippen molar-refractivity contribution in [3.05, 3.63) is 58.1 Å². The summed E-state index contributed by atoms with van der Waals surface area (Å²) in [6.45, 7) is 1.55. The zero-order valence-corrected chi connectivity index (χ0v) is 18.7. The number of benzene rings is 2. The summed E-state index contributed by atoms with van der Waals surface area (Å²) in [4.78, 5) is 36.1. The molecule has 0 saturated carbocycles. The van der Waals surface area contributed by atoms with Gasteiger partial charge in [-0.25, -0.2) is 4.79 Å². The van der Waals surface area contributed by atoms with Gasteiger partial charge in [-0.1, -0.05) is 36.4 Å². The highest BCUT2D eigenvalue weighted by molar-refractivity contribution is 9.10. The smallest absolute Gasteiger partial charge is 0.341 e. The fraction of sp³-hybridized carbons (Fsp3) is 0.190. The minimum Gasteiger partial charge on any atom is -0.481 e. The Morgan fingerprint density at radius 1 is 1.10 bits per heavy atom. The van der Waals surface area contributed by atoms with Crippen LogP contribution in [0.25, 0.3) is 10.1 Å². The van der Waals surface area contributed by atoms with E-state index in [1.54, 1.807) is 12.1 Å². The van der Waals surface area contributed by atoms with Crippen molar-refractivity contribution in [1.82, 2.24) is 5.32 Å². The van der Waals surface area contributed by atoms with Crippen LogP contribution in [0.2, 0.25) is 0 Å². The van der Waals surface area contributed by atoms with Gasteiger partial charge < -0.3 is 20.1 Å². The van der Waals surface area contributed by atoms with Crippen LogP contribution < -0.4 is 15.4 Å². The number of rotatable bonds is 7. The van der Waals surface area contributed by atoms with E-state index in [1.807, 2.05) is 30.3 Å². The van der Waals surface area contributed by atoms with Gasteiger partial charge in [-0.2, -0.15) is 0 Å². The topological polar surface area (TPSA) is 93.7 Å². The third kappa shape index (κ3) is 4.98. The molecule has 0 fully saturated rings. The van der Waals surface area contributed by atoms with Crippen LogP contribution in [0.4, 0.5) is 5.00 Å². The maximum Gasteiger partial charge on any atom is 0.341 e. The van der Waals surface area contributed by atoms with E-state index >= 15 is 0 Å². The Morgan fingerprint density at radius 3 is 2.50 bits per heavy atom. The number of nitrogens with one attached hydrogen (secondary N) is 2. The molecule has 2 aromatic carbocycles. The highest BCUT2D eigenvalue weighted by atomic mass is 79.9. The van der Waals surface area contributed by atoms with E-state index in [0.29, 0.717) is 31.9 Å². The van der Waals surface area contributed by atoms with Crippen molar-refractivity contribution in [3.63, 3.8) is 0 Å². The quantitative estimate of drug-likeness (QED) is 0.486. The molecule has 0 aliphatic carbocycles. The largest absolute Gasteiger partial charge is 0.481 e. The maximum absolute atomic E-state index is 12.3. The molecule has 9 heteroatoms. The third-order valence-electron chi connectivity index (χ3n) is 4.12. The number of hydrogen-bond acceptors (Lipinski definition) is 6. The lowest BCUT2D eigenvalue weighted by Gasteiger charge is -2.10. The Balaban J connectivity index is 1.83. The molecule has 0 aliphatic rings. The molecular formula is C21H19BrN2O5S. The fourth-order valence-electron chi connectivity index (χ4n) is 2.78. The van der Waals surface area contributed by atoms with E-state index in [9.17, 15) is 14.4 Å². The number of thiophene rings is 1. The fourth-order valence-corrected chi connectivity index (χ4v) is 4.60. The van der Waals surface area contributed by atoms with E-state index in [0.717, 1.165) is 5.56 Å². The zero-order chi connectivity index (χ0) is 21.7. The molecule has 156 valence electrons. The third-order valence-corrected chi connectivity index (χ3v) is 5.87. The highest BCUT2D eigenvalue weighted by Gasteiger charge is 2.24. The van der Waals surface area contributed by atoms with Crippen molar-refractivity contribution in [3.8, 4) is 5.75 Å². The lowest BCUT2D eigenvalue weighted by atomic mass is 10.1. The number of ether oxygens (including phenoxy) is 2. The standard InChI is InChI=1S/C21H19BrN2O5S/c1-12(25)24-20-17(21(27)28-2)14-8-9-15(22)18(19(14)30-20)29-11-16(26)23-10-13-6-4-3-5-7-13/h3-9H,10-11H2,1-2H3,(H,23,26)(H,24,25). The summed E-state index contributed by atoms with van der Waals surface area (Å²) in [5, 5.41) is 6.39. The van der Waals surface area contributed by atoms with E-state index < -0.39 is 5.97 Å². The first kappa shape index (κ1) is 21.8. The van der Waals surface area contributed by atoms with Gasteiger partial charge >= 0.3 is 5.97 Å². The lowest BCUT2D eigenvalue weighted by Crippen LogP contribution is -2.28. The molecule has 0 radical (unpaired) electrons. The number of anilines is 1. The first-order valence-corrected chi connectivity index (χ1v) is 10.6. The summed E-state index contributed by atoms with van der Waals surface area (Å²) in [6.07, 6.45) is 0. The summed E-state index contributed by atoms with van der Waals surface area (Å²) < 4.78 is 11.9. The van der Waals surface area contributed by atoms with Crippen molar-refractivity contribution in [2.75, 3.05) is 19.0 Å². The molecule has 1 aromatic heterocycles. The molecule has 3 aromatic rings. The number of hydrogen-bond donors (Lipinski definition) is 2. The van der Waals surface area contributed by atoms with Crippen molar-refractivity contribution < 1.29 is 23.9 Å². The van der Waals surface area contributed by atoms with Crippen LogP contribution in [0.1, 0.15) is 22.8 Å². The summed E-state index contributed by atoms with van der Waals surface area (Å²) >= 11 is 4.61. The molecule has 0 aliphatic heterocycles. The van der Waals surface area contributed by atoms with Gasteiger partial charge in [-0.3, -0.25) is 9.59 Å². The van der Waals surface area contributed by atoms with Gasteiger partial charge in [-0.05, 0) is 27.6 Å². The van der Waals surface area contributed by atoms with Gasteiger partial charge in [0.05, 0.1) is 16.3 Å². The molecule has 0 bridgehead atoms. The van der Waals surface area contributed by atoms with E-state index in [4.69, 9.17) is 9.47 Å². The first-order chi connectivity index (χ1) is 14.4. The molecule has 1 heterocycles. The first-order valence-electron chi connectivity index (χ1n) is 8.95. The average molecular weight is 491 g/mol. The zero-order valence-electron chi connectivity index (χ0n) is 16.3. The molecule has 0 atom stereocenters. The van der Waals surface area contributed by atoms with Gasteiger partial charge in [0.15, 0.2) is 12.4 Å². The summed E-state index contributed by atoms with van der Waals surface area (Å²) in [5.41, 5.74) is 1.23. The lowest BCUT2D eigenvalue weighted by molar-refractivity contribution is -0.123. The van der Waals surface area contributed by atoms with Gasteiger partial charge in [0, 0.05) is 18.9 Å². The molecule has 0 spiro atoms. The number of amides is 2. The van der Waals surface area contributed by atoms with Gasteiger partial charge in [0.1, 0.15) is 10.6 Å². The number of fused-ring (bicyclic) bond motifs is 1. The predicted molar refractivity (Wildman–Crippen MR) is 119 cm³/mol. The monoisotopic (exact) mass is 490 g/mol. The summed E-state index contributed by atoms with van der Waals surface area (Å²) in [5.74, 6) is -0.754. The van der Waals surface area contributed by atoms with Crippen molar-refractivity contribution in [2.45, 2.75) is 13.5 Å². The van der Waals surface area contributed by atoms with Gasteiger partial charge in [-0.15, -0.1) is 11.3 Å². The molecule has 0 unspecified atom stereocenters. The number of methoxy groups -OCH3 is 1. The molecule has 7 nitrogen and oxygen atoms in total. The Hall–Kier alpha value is -2.91. The highest BCUT2D eigenvalue weighted by Crippen LogP contribution is 2.44. The Morgan fingerprint density at radius 2 is 1.83 bits per heavy atom. The molecule has 30 heavy (non-hydrogen) atoms. The number of carbonyl (C=O) groups is 3. The number of carbonyl (C=O) groups excluding carboxylic acids is 3. The minimum absolute atomic E-state index is 0.203. The normalized spacial score (nSPS) is 10.5. The Kier molecular flexibility index (Phi) is 7.07. The Labute approximate surface area is 185 Å². The van der Waals surface area contributed by atoms with Crippen LogP contribution in [0.15, 0.2) is 46.9 Å². The molecule has 3 rings (SSSR count). The molecule has 2 amide bonds. The van der Waals surface area contributed by atoms with Crippen LogP contribution in [0.5, 0.6) is 5.75 Å².